The Bertz CT molecular complexity index is 1030. The second-order valence-electron chi connectivity index (χ2n) is 7.07. The summed E-state index contributed by atoms with van der Waals surface area (Å²) in [6.45, 7) is 2.73. The van der Waals surface area contributed by atoms with E-state index in [4.69, 9.17) is 4.74 Å². The number of rotatable bonds is 5. The number of benzene rings is 2. The molecule has 1 aromatic heterocycles. The molecule has 2 N–H and O–H groups in total. The van der Waals surface area contributed by atoms with Gasteiger partial charge in [0.1, 0.15) is 0 Å². The maximum absolute atomic E-state index is 13.0. The summed E-state index contributed by atoms with van der Waals surface area (Å²) < 4.78 is 5.46. The molecule has 1 aliphatic rings. The van der Waals surface area contributed by atoms with Crippen molar-refractivity contribution in [2.75, 3.05) is 12.4 Å². The van der Waals surface area contributed by atoms with Crippen molar-refractivity contribution < 1.29 is 14.3 Å². The molecule has 7 nitrogen and oxygen atoms in total. The lowest BCUT2D eigenvalue weighted by molar-refractivity contribution is -0.143. The lowest BCUT2D eigenvalue weighted by Crippen LogP contribution is -2.32. The van der Waals surface area contributed by atoms with Gasteiger partial charge < -0.3 is 15.0 Å². The Balaban J connectivity index is 1.48. The van der Waals surface area contributed by atoms with Crippen LogP contribution in [0.5, 0.6) is 0 Å². The van der Waals surface area contributed by atoms with E-state index in [1.165, 1.54) is 7.11 Å². The number of nitrogens with one attached hydrogen (secondary N) is 2. The number of hydrogen-bond acceptors (Lipinski definition) is 4. The topological polar surface area (TPSA) is 87.3 Å². The molecule has 4 rings (SSSR count). The van der Waals surface area contributed by atoms with Crippen LogP contribution in [-0.4, -0.2) is 34.0 Å². The molecule has 0 bridgehead atoms. The number of aromatic nitrogens is 2. The number of amides is 2. The van der Waals surface area contributed by atoms with Crippen LogP contribution in [0.1, 0.15) is 38.8 Å². The van der Waals surface area contributed by atoms with Gasteiger partial charge in [-0.25, -0.2) is 0 Å². The van der Waals surface area contributed by atoms with E-state index >= 15 is 0 Å². The number of carbonyl (C=O) groups excluding carboxylic acids is 2. The molecule has 2 amide bonds. The molecular weight excluding hydrogens is 368 g/mol. The predicted molar refractivity (Wildman–Crippen MR) is 108 cm³/mol. The lowest BCUT2D eigenvalue weighted by Gasteiger charge is -2.22. The van der Waals surface area contributed by atoms with Crippen LogP contribution in [0.15, 0.2) is 54.6 Å². The number of anilines is 1. The average Bonchev–Trinajstić information content (AvgIpc) is 3.32. The lowest BCUT2D eigenvalue weighted by atomic mass is 10.1. The van der Waals surface area contributed by atoms with Crippen molar-refractivity contribution in [2.45, 2.75) is 26.1 Å². The number of hydrogen-bond donors (Lipinski definition) is 2. The Hall–Kier alpha value is -3.45. The number of ether oxygens (including phenoxy) is 1. The third-order valence-electron chi connectivity index (χ3n) is 5.07. The van der Waals surface area contributed by atoms with Gasteiger partial charge in [-0.05, 0) is 24.6 Å². The largest absolute Gasteiger partial charge is 0.367 e. The maximum Gasteiger partial charge on any atom is 0.256 e. The Morgan fingerprint density at radius 3 is 2.52 bits per heavy atom. The van der Waals surface area contributed by atoms with Crippen LogP contribution >= 0.6 is 0 Å². The van der Waals surface area contributed by atoms with Crippen LogP contribution in [0.3, 0.4) is 0 Å². The van der Waals surface area contributed by atoms with Crippen LogP contribution in [-0.2, 0) is 22.6 Å². The van der Waals surface area contributed by atoms with E-state index in [9.17, 15) is 9.59 Å². The highest BCUT2D eigenvalue weighted by molar-refractivity contribution is 6.04. The molecule has 0 unspecified atom stereocenters. The van der Waals surface area contributed by atoms with E-state index in [1.807, 2.05) is 49.4 Å². The molecule has 2 heterocycles. The summed E-state index contributed by atoms with van der Waals surface area (Å²) in [5.41, 5.74) is 4.09. The summed E-state index contributed by atoms with van der Waals surface area (Å²) in [7, 11) is 1.53. The van der Waals surface area contributed by atoms with Crippen molar-refractivity contribution in [3.63, 3.8) is 0 Å². The zero-order valence-electron chi connectivity index (χ0n) is 16.3. The van der Waals surface area contributed by atoms with Crippen LogP contribution in [0, 0.1) is 6.92 Å². The number of aromatic amines is 1. The zero-order chi connectivity index (χ0) is 20.4. The molecule has 0 radical (unpaired) electrons. The molecule has 1 atom stereocenters. The van der Waals surface area contributed by atoms with Gasteiger partial charge in [0.05, 0.1) is 18.8 Å². The van der Waals surface area contributed by atoms with Gasteiger partial charge in [0.25, 0.3) is 11.8 Å². The molecule has 0 saturated heterocycles. The van der Waals surface area contributed by atoms with Gasteiger partial charge in [0.15, 0.2) is 11.9 Å². The van der Waals surface area contributed by atoms with E-state index in [2.05, 4.69) is 15.5 Å². The van der Waals surface area contributed by atoms with Crippen molar-refractivity contribution >= 4 is 17.6 Å². The minimum atomic E-state index is -0.668. The van der Waals surface area contributed by atoms with Crippen molar-refractivity contribution in [3.05, 3.63) is 82.5 Å². The highest BCUT2D eigenvalue weighted by atomic mass is 16.5. The summed E-state index contributed by atoms with van der Waals surface area (Å²) >= 11 is 0. The molecule has 0 aliphatic carbocycles. The molecular formula is C22H22N4O3. The average molecular weight is 390 g/mol. The number of fused-ring (bicyclic) bond motifs is 1. The van der Waals surface area contributed by atoms with Gasteiger partial charge in [0, 0.05) is 18.2 Å². The molecule has 7 heteroatoms. The highest BCUT2D eigenvalue weighted by Gasteiger charge is 2.33. The first-order valence-electron chi connectivity index (χ1n) is 9.37. The fraction of sp³-hybridized carbons (Fsp3) is 0.227. The molecule has 0 spiro atoms. The molecule has 2 aromatic carbocycles. The minimum absolute atomic E-state index is 0.126. The van der Waals surface area contributed by atoms with Crippen LogP contribution < -0.4 is 5.32 Å². The Kier molecular flexibility index (Phi) is 5.14. The summed E-state index contributed by atoms with van der Waals surface area (Å²) in [6, 6.07) is 16.7. The normalized spacial score (nSPS) is 13.8. The maximum atomic E-state index is 13.0. The van der Waals surface area contributed by atoms with Crippen molar-refractivity contribution in [3.8, 4) is 0 Å². The molecule has 1 aliphatic heterocycles. The summed E-state index contributed by atoms with van der Waals surface area (Å²) in [5.74, 6) is 0.0943. The number of nitrogens with zero attached hydrogens (tertiary/aromatic N) is 2. The number of methoxy groups -OCH3 is 1. The number of H-pyrrole nitrogens is 1. The van der Waals surface area contributed by atoms with Gasteiger partial charge in [-0.3, -0.25) is 14.7 Å². The Morgan fingerprint density at radius 1 is 1.10 bits per heavy atom. The summed E-state index contributed by atoms with van der Waals surface area (Å²) in [4.78, 5) is 27.2. The van der Waals surface area contributed by atoms with Gasteiger partial charge in [0.2, 0.25) is 0 Å². The van der Waals surface area contributed by atoms with E-state index in [0.717, 1.165) is 22.4 Å². The first-order chi connectivity index (χ1) is 14.1. The van der Waals surface area contributed by atoms with Gasteiger partial charge in [-0.2, -0.15) is 5.10 Å². The van der Waals surface area contributed by atoms with E-state index in [0.29, 0.717) is 24.5 Å². The van der Waals surface area contributed by atoms with Crippen molar-refractivity contribution in [2.24, 2.45) is 0 Å². The summed E-state index contributed by atoms with van der Waals surface area (Å²) in [5, 5.41) is 9.99. The fourth-order valence-corrected chi connectivity index (χ4v) is 3.46. The smallest absolute Gasteiger partial charge is 0.256 e. The summed E-state index contributed by atoms with van der Waals surface area (Å²) in [6.07, 6.45) is -0.668. The zero-order valence-corrected chi connectivity index (χ0v) is 16.3. The SMILES string of the molecule is CO[C@@H](C(=O)N1Cc2[nH]nc(NC(=O)c3ccc(C)cc3)c2C1)c1ccccc1. The van der Waals surface area contributed by atoms with Crippen LogP contribution in [0.2, 0.25) is 0 Å². The van der Waals surface area contributed by atoms with Crippen molar-refractivity contribution in [1.82, 2.24) is 15.1 Å². The number of aryl methyl sites for hydroxylation is 1. The predicted octanol–water partition coefficient (Wildman–Crippen LogP) is 3.20. The Labute approximate surface area is 168 Å². The first kappa shape index (κ1) is 18.9. The van der Waals surface area contributed by atoms with Crippen molar-refractivity contribution in [1.29, 1.82) is 0 Å². The van der Waals surface area contributed by atoms with E-state index in [-0.39, 0.29) is 11.8 Å². The Morgan fingerprint density at radius 2 is 1.83 bits per heavy atom. The van der Waals surface area contributed by atoms with Gasteiger partial charge in [-0.15, -0.1) is 0 Å². The van der Waals surface area contributed by atoms with Crippen LogP contribution in [0.25, 0.3) is 0 Å². The fourth-order valence-electron chi connectivity index (χ4n) is 3.46. The number of carbonyl (C=O) groups is 2. The molecule has 3 aromatic rings. The third-order valence-corrected chi connectivity index (χ3v) is 5.07. The van der Waals surface area contributed by atoms with Gasteiger partial charge >= 0.3 is 0 Å². The molecule has 0 saturated carbocycles. The monoisotopic (exact) mass is 390 g/mol. The first-order valence-corrected chi connectivity index (χ1v) is 9.37. The quantitative estimate of drug-likeness (QED) is 0.700. The minimum Gasteiger partial charge on any atom is -0.367 e. The standard InChI is InChI=1S/C22H22N4O3/c1-14-8-10-16(11-9-14)21(27)23-20-17-12-26(13-18(17)24-25-20)22(28)19(29-2)15-6-4-3-5-7-15/h3-11,19H,12-13H2,1-2H3,(H2,23,24,25,27)/t19-/m1/s1. The second kappa shape index (κ2) is 7.89. The second-order valence-corrected chi connectivity index (χ2v) is 7.07. The molecule has 148 valence electrons. The highest BCUT2D eigenvalue weighted by Crippen LogP contribution is 2.30. The molecule has 0 fully saturated rings. The molecule has 29 heavy (non-hydrogen) atoms. The third kappa shape index (κ3) is 3.77. The van der Waals surface area contributed by atoms with Crippen LogP contribution in [0.4, 0.5) is 5.82 Å². The van der Waals surface area contributed by atoms with E-state index in [1.54, 1.807) is 17.0 Å². The van der Waals surface area contributed by atoms with Gasteiger partial charge in [-0.1, -0.05) is 48.0 Å². The van der Waals surface area contributed by atoms with E-state index < -0.39 is 6.10 Å².